The van der Waals surface area contributed by atoms with Crippen LogP contribution in [-0.2, 0) is 14.8 Å². The molecule has 1 amide bonds. The number of rotatable bonds is 4. The Bertz CT molecular complexity index is 1380. The first-order chi connectivity index (χ1) is 14.7. The molecule has 1 aliphatic heterocycles. The van der Waals surface area contributed by atoms with Crippen molar-refractivity contribution in [2.24, 2.45) is 4.99 Å². The van der Waals surface area contributed by atoms with Crippen molar-refractivity contribution in [3.05, 3.63) is 76.2 Å². The van der Waals surface area contributed by atoms with Crippen molar-refractivity contribution in [3.8, 4) is 11.4 Å². The molecule has 1 aliphatic rings. The molecule has 10 heteroatoms. The van der Waals surface area contributed by atoms with Crippen LogP contribution in [0.2, 0.25) is 0 Å². The lowest BCUT2D eigenvalue weighted by Crippen LogP contribution is -2.28. The standard InChI is InChI=1S/C21H19N5O4S/c1-12-10-18(27)25-19(22-12)14-6-5-7-15(11-14)24-21(28)13(2)23-20-16-8-3-4-9-17(16)31(29,30)26-20/h3-11,13H,1-2H3,(H,23,26)(H,24,28)(H,22,25,27)/t13-/m0/s1. The number of anilines is 1. The number of amidine groups is 1. The molecule has 0 unspecified atom stereocenters. The van der Waals surface area contributed by atoms with Crippen molar-refractivity contribution in [1.82, 2.24) is 14.7 Å². The Morgan fingerprint density at radius 2 is 1.90 bits per heavy atom. The molecule has 0 radical (unpaired) electrons. The van der Waals surface area contributed by atoms with Crippen molar-refractivity contribution >= 4 is 27.5 Å². The van der Waals surface area contributed by atoms with Gasteiger partial charge in [0.1, 0.15) is 17.7 Å². The maximum Gasteiger partial charge on any atom is 0.263 e. The summed E-state index contributed by atoms with van der Waals surface area (Å²) < 4.78 is 26.8. The van der Waals surface area contributed by atoms with Crippen LogP contribution in [0.25, 0.3) is 11.4 Å². The molecule has 3 aromatic rings. The number of sulfonamides is 1. The van der Waals surface area contributed by atoms with Crippen molar-refractivity contribution in [2.75, 3.05) is 5.32 Å². The predicted octanol–water partition coefficient (Wildman–Crippen LogP) is 1.81. The van der Waals surface area contributed by atoms with E-state index in [1.807, 2.05) is 0 Å². The average molecular weight is 437 g/mol. The zero-order chi connectivity index (χ0) is 22.2. The monoisotopic (exact) mass is 437 g/mol. The SMILES string of the molecule is Cc1cc(=O)[nH]c(-c2cccc(NC(=O)[C@H](C)N=C3NS(=O)(=O)c4ccccc43)c2)n1. The number of H-pyrrole nitrogens is 1. The van der Waals surface area contributed by atoms with Gasteiger partial charge in [-0.25, -0.2) is 13.4 Å². The van der Waals surface area contributed by atoms with Crippen LogP contribution in [0, 0.1) is 6.92 Å². The van der Waals surface area contributed by atoms with Crippen LogP contribution in [0.3, 0.4) is 0 Å². The molecule has 0 bridgehead atoms. The van der Waals surface area contributed by atoms with E-state index in [2.05, 4.69) is 25.0 Å². The molecule has 1 atom stereocenters. The van der Waals surface area contributed by atoms with E-state index in [1.54, 1.807) is 56.3 Å². The number of benzene rings is 2. The second-order valence-electron chi connectivity index (χ2n) is 7.06. The van der Waals surface area contributed by atoms with Gasteiger partial charge in [0, 0.05) is 28.6 Å². The van der Waals surface area contributed by atoms with E-state index in [-0.39, 0.29) is 16.3 Å². The van der Waals surface area contributed by atoms with E-state index in [9.17, 15) is 18.0 Å². The van der Waals surface area contributed by atoms with E-state index in [4.69, 9.17) is 0 Å². The Morgan fingerprint density at radius 3 is 2.68 bits per heavy atom. The number of aromatic nitrogens is 2. The number of aromatic amines is 1. The fraction of sp³-hybridized carbons (Fsp3) is 0.143. The van der Waals surface area contributed by atoms with Gasteiger partial charge >= 0.3 is 0 Å². The highest BCUT2D eigenvalue weighted by Gasteiger charge is 2.31. The number of hydrogen-bond acceptors (Lipinski definition) is 6. The molecule has 0 aliphatic carbocycles. The minimum absolute atomic E-state index is 0.133. The van der Waals surface area contributed by atoms with Gasteiger partial charge in [0.05, 0.1) is 4.90 Å². The van der Waals surface area contributed by atoms with Crippen LogP contribution in [0.4, 0.5) is 5.69 Å². The van der Waals surface area contributed by atoms with E-state index in [0.717, 1.165) is 0 Å². The molecule has 2 aromatic carbocycles. The molecule has 0 saturated heterocycles. The highest BCUT2D eigenvalue weighted by Crippen LogP contribution is 2.23. The first-order valence-electron chi connectivity index (χ1n) is 9.42. The summed E-state index contributed by atoms with van der Waals surface area (Å²) in [6, 6.07) is 13.9. The predicted molar refractivity (Wildman–Crippen MR) is 116 cm³/mol. The van der Waals surface area contributed by atoms with E-state index in [0.29, 0.717) is 28.3 Å². The van der Waals surface area contributed by atoms with Crippen molar-refractivity contribution in [3.63, 3.8) is 0 Å². The van der Waals surface area contributed by atoms with Gasteiger partial charge in [-0.15, -0.1) is 0 Å². The molecular weight excluding hydrogens is 418 g/mol. The Labute approximate surface area is 178 Å². The third-order valence-electron chi connectivity index (χ3n) is 4.64. The van der Waals surface area contributed by atoms with Gasteiger partial charge in [-0.1, -0.05) is 24.3 Å². The third-order valence-corrected chi connectivity index (χ3v) is 6.04. The van der Waals surface area contributed by atoms with Gasteiger partial charge in [0.15, 0.2) is 0 Å². The molecule has 0 saturated carbocycles. The number of hydrogen-bond donors (Lipinski definition) is 3. The topological polar surface area (TPSA) is 133 Å². The van der Waals surface area contributed by atoms with Gasteiger partial charge in [0.2, 0.25) is 5.91 Å². The number of fused-ring (bicyclic) bond motifs is 1. The van der Waals surface area contributed by atoms with Gasteiger partial charge < -0.3 is 10.3 Å². The summed E-state index contributed by atoms with van der Waals surface area (Å²) in [7, 11) is -3.68. The van der Waals surface area contributed by atoms with Crippen LogP contribution in [0.5, 0.6) is 0 Å². The van der Waals surface area contributed by atoms with Crippen LogP contribution < -0.4 is 15.6 Å². The van der Waals surface area contributed by atoms with Crippen molar-refractivity contribution in [2.45, 2.75) is 24.8 Å². The summed E-state index contributed by atoms with van der Waals surface area (Å²) >= 11 is 0. The smallest absolute Gasteiger partial charge is 0.263 e. The number of nitrogens with zero attached hydrogens (tertiary/aromatic N) is 2. The number of carbonyl (C=O) groups is 1. The zero-order valence-electron chi connectivity index (χ0n) is 16.7. The van der Waals surface area contributed by atoms with Crippen LogP contribution in [-0.4, -0.2) is 36.2 Å². The Balaban J connectivity index is 1.55. The third kappa shape index (κ3) is 4.24. The largest absolute Gasteiger partial charge is 0.324 e. The fourth-order valence-corrected chi connectivity index (χ4v) is 4.43. The van der Waals surface area contributed by atoms with Crippen LogP contribution in [0.1, 0.15) is 18.2 Å². The molecule has 9 nitrogen and oxygen atoms in total. The number of aryl methyl sites for hydroxylation is 1. The van der Waals surface area contributed by atoms with E-state index < -0.39 is 22.0 Å². The normalized spacial score (nSPS) is 16.4. The maximum atomic E-state index is 12.7. The highest BCUT2D eigenvalue weighted by atomic mass is 32.2. The summed E-state index contributed by atoms with van der Waals surface area (Å²) in [6.45, 7) is 3.29. The molecular formula is C21H19N5O4S. The van der Waals surface area contributed by atoms with Crippen molar-refractivity contribution in [1.29, 1.82) is 0 Å². The lowest BCUT2D eigenvalue weighted by atomic mass is 10.1. The molecule has 3 N–H and O–H groups in total. The zero-order valence-corrected chi connectivity index (χ0v) is 17.5. The molecule has 2 heterocycles. The summed E-state index contributed by atoms with van der Waals surface area (Å²) in [5.41, 5.74) is 1.87. The van der Waals surface area contributed by atoms with Crippen LogP contribution in [0.15, 0.2) is 69.3 Å². The lowest BCUT2D eigenvalue weighted by molar-refractivity contribution is -0.117. The van der Waals surface area contributed by atoms with Gasteiger partial charge in [-0.2, -0.15) is 0 Å². The first-order valence-corrected chi connectivity index (χ1v) is 10.9. The summed E-state index contributed by atoms with van der Waals surface area (Å²) in [4.78, 5) is 35.7. The first kappa shape index (κ1) is 20.5. The number of amides is 1. The minimum Gasteiger partial charge on any atom is -0.324 e. The lowest BCUT2D eigenvalue weighted by Gasteiger charge is -2.11. The van der Waals surface area contributed by atoms with E-state index >= 15 is 0 Å². The molecule has 0 spiro atoms. The second kappa shape index (κ2) is 7.80. The molecule has 31 heavy (non-hydrogen) atoms. The number of carbonyl (C=O) groups excluding carboxylic acids is 1. The molecule has 4 rings (SSSR count). The number of aliphatic imine (C=N–C) groups is 1. The van der Waals surface area contributed by atoms with Crippen LogP contribution >= 0.6 is 0 Å². The second-order valence-corrected chi connectivity index (χ2v) is 8.71. The van der Waals surface area contributed by atoms with E-state index in [1.165, 1.54) is 12.1 Å². The Morgan fingerprint density at radius 1 is 1.13 bits per heavy atom. The maximum absolute atomic E-state index is 12.7. The number of nitrogens with one attached hydrogen (secondary N) is 3. The summed E-state index contributed by atoms with van der Waals surface area (Å²) in [5, 5.41) is 2.76. The van der Waals surface area contributed by atoms with Crippen molar-refractivity contribution < 1.29 is 13.2 Å². The van der Waals surface area contributed by atoms with Gasteiger partial charge in [-0.3, -0.25) is 19.3 Å². The average Bonchev–Trinajstić information content (AvgIpc) is 2.98. The highest BCUT2D eigenvalue weighted by molar-refractivity contribution is 7.90. The molecule has 0 fully saturated rings. The van der Waals surface area contributed by atoms with Gasteiger partial charge in [0.25, 0.3) is 15.6 Å². The quantitative estimate of drug-likeness (QED) is 0.572. The minimum atomic E-state index is -3.68. The summed E-state index contributed by atoms with van der Waals surface area (Å²) in [5.74, 6) is 0.110. The Hall–Kier alpha value is -3.79. The fourth-order valence-electron chi connectivity index (χ4n) is 3.19. The Kier molecular flexibility index (Phi) is 5.15. The van der Waals surface area contributed by atoms with Gasteiger partial charge in [-0.05, 0) is 38.1 Å². The molecule has 1 aromatic heterocycles. The summed E-state index contributed by atoms with van der Waals surface area (Å²) in [6.07, 6.45) is 0. The molecule has 158 valence electrons.